The van der Waals surface area contributed by atoms with Gasteiger partial charge in [0.2, 0.25) is 0 Å². The molecule has 0 aromatic heterocycles. The molecular formula is C2H22O6Si7. The van der Waals surface area contributed by atoms with Gasteiger partial charge in [-0.1, -0.05) is 6.55 Å². The molecule has 0 aliphatic carbocycles. The molecule has 0 unspecified atom stereocenters. The van der Waals surface area contributed by atoms with Crippen molar-refractivity contribution in [3.8, 4) is 0 Å². The van der Waals surface area contributed by atoms with Gasteiger partial charge in [-0.15, -0.1) is 0 Å². The molecule has 0 aromatic rings. The van der Waals surface area contributed by atoms with Gasteiger partial charge in [0.15, 0.2) is 9.76 Å². The Kier molecular flexibility index (Phi) is 25.7. The summed E-state index contributed by atoms with van der Waals surface area (Å²) >= 11 is 0. The fourth-order valence-electron chi connectivity index (χ4n) is 0.393. The first-order chi connectivity index (χ1) is 7.33. The van der Waals surface area contributed by atoms with Crippen molar-refractivity contribution in [2.24, 2.45) is 0 Å². The fourth-order valence-corrected chi connectivity index (χ4v) is 7.16. The van der Waals surface area contributed by atoms with Gasteiger partial charge >= 0.3 is 0 Å². The summed E-state index contributed by atoms with van der Waals surface area (Å²) in [4.78, 5) is 0. The first kappa shape index (κ1) is 18.6. The van der Waals surface area contributed by atoms with Gasteiger partial charge in [-0.2, -0.15) is 0 Å². The van der Waals surface area contributed by atoms with E-state index < -0.39 is 39.8 Å². The second-order valence-corrected chi connectivity index (χ2v) is 13.9. The van der Waals surface area contributed by atoms with E-state index in [9.17, 15) is 0 Å². The summed E-state index contributed by atoms with van der Waals surface area (Å²) in [6.45, 7) is 2.13. The molecule has 0 aliphatic rings. The van der Waals surface area contributed by atoms with E-state index >= 15 is 0 Å². The van der Waals surface area contributed by atoms with Crippen molar-refractivity contribution < 1.29 is 25.7 Å². The summed E-state index contributed by atoms with van der Waals surface area (Å²) in [5.41, 5.74) is 0. The van der Waals surface area contributed by atoms with E-state index in [0.717, 1.165) is 21.0 Å². The highest BCUT2D eigenvalue weighted by atomic mass is 28.4. The zero-order valence-corrected chi connectivity index (χ0v) is 20.8. The molecule has 0 spiro atoms. The van der Waals surface area contributed by atoms with Gasteiger partial charge in [0.25, 0.3) is 30.0 Å². The Bertz CT molecular complexity index is 87.5. The lowest BCUT2D eigenvalue weighted by Gasteiger charge is -2.04. The lowest BCUT2D eigenvalue weighted by molar-refractivity contribution is 0.343. The van der Waals surface area contributed by atoms with Gasteiger partial charge in [0.05, 0.1) is 6.23 Å². The molecule has 0 radical (unpaired) electrons. The molecule has 0 heterocycles. The molecule has 6 nitrogen and oxygen atoms in total. The van der Waals surface area contributed by atoms with Crippen molar-refractivity contribution in [1.29, 1.82) is 0 Å². The number of rotatable bonds is 9. The SMILES string of the molecule is C[SiH2]O[SiH3].OC[SiH2]O[SiH2]O[SiH2]O[SiH2]O[SiH3]. The summed E-state index contributed by atoms with van der Waals surface area (Å²) < 4.78 is 25.2. The zero-order valence-electron chi connectivity index (χ0n) is 9.73. The summed E-state index contributed by atoms with van der Waals surface area (Å²) in [5, 5.41) is 8.38. The van der Waals surface area contributed by atoms with Crippen LogP contribution in [-0.2, 0) is 20.6 Å². The van der Waals surface area contributed by atoms with Gasteiger partial charge in [-0.25, -0.2) is 0 Å². The Hall–Kier alpha value is 1.28. The topological polar surface area (TPSA) is 66.4 Å². The maximum absolute atomic E-state index is 8.38. The summed E-state index contributed by atoms with van der Waals surface area (Å²) in [5.74, 6) is 0. The Balaban J connectivity index is 0. The van der Waals surface area contributed by atoms with Crippen LogP contribution in [0.15, 0.2) is 0 Å². The summed E-state index contributed by atoms with van der Waals surface area (Å²) in [6, 6.07) is 0. The molecular weight excluding hydrogens is 317 g/mol. The van der Waals surface area contributed by atoms with E-state index in [0.29, 0.717) is 0 Å². The Morgan fingerprint density at radius 3 is 2.00 bits per heavy atom. The third-order valence-corrected chi connectivity index (χ3v) is 8.98. The average Bonchev–Trinajstić information content (AvgIpc) is 2.28. The first-order valence-electron chi connectivity index (χ1n) is 4.65. The van der Waals surface area contributed by atoms with E-state index in [2.05, 4.69) is 6.55 Å². The van der Waals surface area contributed by atoms with E-state index in [1.165, 1.54) is 0 Å². The number of aliphatic hydroxyl groups is 1. The van der Waals surface area contributed by atoms with Crippen molar-refractivity contribution in [2.45, 2.75) is 6.55 Å². The van der Waals surface area contributed by atoms with Crippen molar-refractivity contribution in [3.05, 3.63) is 0 Å². The lowest BCUT2D eigenvalue weighted by atomic mass is 11.7. The van der Waals surface area contributed by atoms with Gasteiger partial charge in [-0.3, -0.25) is 0 Å². The van der Waals surface area contributed by atoms with Gasteiger partial charge < -0.3 is 25.7 Å². The molecule has 1 N–H and O–H groups in total. The number of hydrogen-bond acceptors (Lipinski definition) is 6. The highest BCUT2D eigenvalue weighted by Crippen LogP contribution is 1.72. The maximum Gasteiger partial charge on any atom is 0.286 e. The van der Waals surface area contributed by atoms with Crippen molar-refractivity contribution in [2.75, 3.05) is 6.23 Å². The fraction of sp³-hybridized carbons (Fsp3) is 1.00. The first-order valence-corrected chi connectivity index (χ1v) is 13.3. The molecule has 15 heavy (non-hydrogen) atoms. The van der Waals surface area contributed by atoms with Crippen LogP contribution in [0.2, 0.25) is 6.55 Å². The molecule has 0 aromatic carbocycles. The van der Waals surface area contributed by atoms with Gasteiger partial charge in [-0.05, 0) is 0 Å². The smallest absolute Gasteiger partial charge is 0.286 e. The molecule has 0 aliphatic heterocycles. The second-order valence-electron chi connectivity index (χ2n) is 2.26. The molecule has 0 bridgehead atoms. The highest BCUT2D eigenvalue weighted by Gasteiger charge is 1.90. The number of aliphatic hydroxyl groups excluding tert-OH is 1. The minimum absolute atomic E-state index is 0.0139. The summed E-state index contributed by atoms with van der Waals surface area (Å²) in [7, 11) is -1.26. The maximum atomic E-state index is 8.38. The van der Waals surface area contributed by atoms with Crippen molar-refractivity contribution in [1.82, 2.24) is 0 Å². The van der Waals surface area contributed by atoms with E-state index in [1.54, 1.807) is 0 Å². The van der Waals surface area contributed by atoms with E-state index in [4.69, 9.17) is 25.7 Å². The quantitative estimate of drug-likeness (QED) is 0.333. The predicted octanol–water partition coefficient (Wildman–Crippen LogP) is -7.22. The average molecular weight is 339 g/mol. The third kappa shape index (κ3) is 25.5. The molecule has 0 amide bonds. The third-order valence-electron chi connectivity index (χ3n) is 1.06. The van der Waals surface area contributed by atoms with Crippen LogP contribution in [0.4, 0.5) is 0 Å². The Labute approximate surface area is 109 Å². The van der Waals surface area contributed by atoms with Crippen LogP contribution in [0.5, 0.6) is 0 Å². The molecule has 0 saturated carbocycles. The highest BCUT2D eigenvalue weighted by molar-refractivity contribution is 6.46. The van der Waals surface area contributed by atoms with Crippen LogP contribution in [0.1, 0.15) is 0 Å². The minimum atomic E-state index is -0.811. The molecule has 0 fully saturated rings. The molecule has 0 atom stereocenters. The van der Waals surface area contributed by atoms with Crippen LogP contribution in [0.25, 0.3) is 0 Å². The molecule has 13 heteroatoms. The largest absolute Gasteiger partial charge is 0.468 e. The standard InChI is InChI=1S/CH14O5Si5.CH8OSi2/c2-1-8-4-10-6-11-5-9-3-7;1-4-2-3/h2H,1,8-11H2,7H3;4H2,1,3H3. The zero-order chi connectivity index (χ0) is 11.8. The number of hydrogen-bond donors (Lipinski definition) is 1. The van der Waals surface area contributed by atoms with E-state index in [-0.39, 0.29) is 16.0 Å². The monoisotopic (exact) mass is 338 g/mol. The second kappa shape index (κ2) is 20.7. The normalized spacial score (nSPS) is 14.0. The van der Waals surface area contributed by atoms with Crippen LogP contribution in [0.3, 0.4) is 0 Å². The summed E-state index contributed by atoms with van der Waals surface area (Å²) in [6.07, 6.45) is 0.206. The van der Waals surface area contributed by atoms with Crippen molar-refractivity contribution >= 4 is 70.5 Å². The Morgan fingerprint density at radius 2 is 1.53 bits per heavy atom. The molecule has 0 rings (SSSR count). The minimum Gasteiger partial charge on any atom is -0.468 e. The van der Waals surface area contributed by atoms with Crippen LogP contribution in [0, 0.1) is 0 Å². The molecule has 94 valence electrons. The van der Waals surface area contributed by atoms with Gasteiger partial charge in [0.1, 0.15) is 30.7 Å². The van der Waals surface area contributed by atoms with Crippen LogP contribution < -0.4 is 0 Å². The molecule has 0 saturated heterocycles. The van der Waals surface area contributed by atoms with E-state index in [1.807, 2.05) is 0 Å². The van der Waals surface area contributed by atoms with Gasteiger partial charge in [0, 0.05) is 0 Å². The van der Waals surface area contributed by atoms with Crippen LogP contribution >= 0.6 is 0 Å². The Morgan fingerprint density at radius 1 is 1.00 bits per heavy atom. The predicted molar refractivity (Wildman–Crippen MR) is 81.0 cm³/mol. The lowest BCUT2D eigenvalue weighted by Crippen LogP contribution is -2.17. The van der Waals surface area contributed by atoms with Crippen molar-refractivity contribution in [3.63, 3.8) is 0 Å². The van der Waals surface area contributed by atoms with Crippen LogP contribution in [-0.4, -0.2) is 81.9 Å².